The van der Waals surface area contributed by atoms with Crippen molar-refractivity contribution in [2.45, 2.75) is 6.42 Å². The smallest absolute Gasteiger partial charge is 0.354 e. The highest BCUT2D eigenvalue weighted by Crippen LogP contribution is 2.32. The molecule has 2 aromatic rings. The molecule has 0 saturated heterocycles. The van der Waals surface area contributed by atoms with Crippen LogP contribution in [0.2, 0.25) is 0 Å². The number of rotatable bonds is 1. The Kier molecular flexibility index (Phi) is 3.06. The lowest BCUT2D eigenvalue weighted by molar-refractivity contribution is 0.0594. The second-order valence-electron chi connectivity index (χ2n) is 4.43. The van der Waals surface area contributed by atoms with Crippen LogP contribution in [0, 0.1) is 0 Å². The van der Waals surface area contributed by atoms with E-state index in [1.165, 1.54) is 13.2 Å². The molecule has 3 rings (SSSR count). The number of fused-ring (bicyclic) bond motifs is 2. The largest absolute Gasteiger partial charge is 0.490 e. The van der Waals surface area contributed by atoms with Gasteiger partial charge in [-0.1, -0.05) is 0 Å². The standard InChI is InChI=1S/C14H13NO5/c1-18-14(17)10-6-11(16)8-5-12-13(7-9(8)15-10)20-4-2-3-19-12/h5-7H,2-4H2,1H3,(H,15,16). The summed E-state index contributed by atoms with van der Waals surface area (Å²) in [6.45, 7) is 1.11. The first-order valence-corrected chi connectivity index (χ1v) is 6.24. The van der Waals surface area contributed by atoms with E-state index in [4.69, 9.17) is 9.47 Å². The lowest BCUT2D eigenvalue weighted by Crippen LogP contribution is -2.11. The van der Waals surface area contributed by atoms with E-state index in [-0.39, 0.29) is 11.1 Å². The number of esters is 1. The van der Waals surface area contributed by atoms with Gasteiger partial charge in [0.1, 0.15) is 5.69 Å². The Hall–Kier alpha value is -2.50. The third-order valence-corrected chi connectivity index (χ3v) is 3.10. The number of hydrogen-bond acceptors (Lipinski definition) is 5. The molecule has 0 radical (unpaired) electrons. The van der Waals surface area contributed by atoms with Gasteiger partial charge in [-0.25, -0.2) is 4.79 Å². The summed E-state index contributed by atoms with van der Waals surface area (Å²) in [5.41, 5.74) is 0.358. The van der Waals surface area contributed by atoms with Gasteiger partial charge in [-0.05, 0) is 6.07 Å². The van der Waals surface area contributed by atoms with Crippen molar-refractivity contribution in [3.8, 4) is 11.5 Å². The maximum Gasteiger partial charge on any atom is 0.354 e. The molecule has 1 aromatic heterocycles. The zero-order valence-electron chi connectivity index (χ0n) is 10.9. The highest BCUT2D eigenvalue weighted by molar-refractivity contribution is 5.91. The van der Waals surface area contributed by atoms with Gasteiger partial charge in [0.2, 0.25) is 0 Å². The molecule has 0 fully saturated rings. The van der Waals surface area contributed by atoms with E-state index in [0.29, 0.717) is 35.6 Å². The summed E-state index contributed by atoms with van der Waals surface area (Å²) < 4.78 is 15.7. The minimum absolute atomic E-state index is 0.111. The van der Waals surface area contributed by atoms with E-state index in [0.717, 1.165) is 6.42 Å². The molecule has 1 aromatic carbocycles. The molecule has 104 valence electrons. The van der Waals surface area contributed by atoms with Crippen LogP contribution in [0.4, 0.5) is 0 Å². The summed E-state index contributed by atoms with van der Waals surface area (Å²) in [4.78, 5) is 26.5. The van der Waals surface area contributed by atoms with Crippen LogP contribution in [-0.2, 0) is 4.74 Å². The van der Waals surface area contributed by atoms with Crippen LogP contribution in [0.5, 0.6) is 11.5 Å². The Morgan fingerprint density at radius 2 is 1.90 bits per heavy atom. The number of benzene rings is 1. The fraction of sp³-hybridized carbons (Fsp3) is 0.286. The predicted molar refractivity (Wildman–Crippen MR) is 71.5 cm³/mol. The van der Waals surface area contributed by atoms with Crippen molar-refractivity contribution >= 4 is 16.9 Å². The number of hydrogen-bond donors (Lipinski definition) is 1. The molecule has 1 aliphatic rings. The Bertz CT molecular complexity index is 734. The van der Waals surface area contributed by atoms with Gasteiger partial charge >= 0.3 is 5.97 Å². The number of aromatic nitrogens is 1. The summed E-state index contributed by atoms with van der Waals surface area (Å²) in [6.07, 6.45) is 0.784. The summed E-state index contributed by atoms with van der Waals surface area (Å²) in [7, 11) is 1.26. The van der Waals surface area contributed by atoms with E-state index in [1.807, 2.05) is 0 Å². The monoisotopic (exact) mass is 275 g/mol. The molecule has 1 aliphatic heterocycles. The van der Waals surface area contributed by atoms with Gasteiger partial charge in [-0.2, -0.15) is 0 Å². The van der Waals surface area contributed by atoms with Crippen molar-refractivity contribution in [3.05, 3.63) is 34.1 Å². The highest BCUT2D eigenvalue weighted by Gasteiger charge is 2.15. The van der Waals surface area contributed by atoms with Crippen LogP contribution in [-0.4, -0.2) is 31.3 Å². The van der Waals surface area contributed by atoms with Crippen molar-refractivity contribution in [1.82, 2.24) is 4.98 Å². The van der Waals surface area contributed by atoms with Crippen molar-refractivity contribution in [2.24, 2.45) is 0 Å². The van der Waals surface area contributed by atoms with Crippen molar-refractivity contribution < 1.29 is 19.0 Å². The summed E-state index contributed by atoms with van der Waals surface area (Å²) in [5.74, 6) is 0.523. The zero-order valence-corrected chi connectivity index (χ0v) is 10.9. The Morgan fingerprint density at radius 3 is 2.60 bits per heavy atom. The maximum atomic E-state index is 12.1. The number of ether oxygens (including phenoxy) is 3. The molecule has 0 bridgehead atoms. The molecule has 20 heavy (non-hydrogen) atoms. The van der Waals surface area contributed by atoms with E-state index in [1.54, 1.807) is 12.1 Å². The quantitative estimate of drug-likeness (QED) is 0.797. The molecule has 2 heterocycles. The van der Waals surface area contributed by atoms with E-state index >= 15 is 0 Å². The normalized spacial score (nSPS) is 13.8. The molecule has 1 N–H and O–H groups in total. The number of aromatic amines is 1. The number of nitrogens with one attached hydrogen (secondary N) is 1. The fourth-order valence-electron chi connectivity index (χ4n) is 2.13. The Balaban J connectivity index is 2.21. The number of methoxy groups -OCH3 is 1. The molecule has 6 heteroatoms. The summed E-state index contributed by atoms with van der Waals surface area (Å²) in [5, 5.41) is 0.446. The molecule has 0 saturated carbocycles. The molecular formula is C14H13NO5. The van der Waals surface area contributed by atoms with Gasteiger partial charge in [-0.15, -0.1) is 0 Å². The van der Waals surface area contributed by atoms with Gasteiger partial charge in [0.15, 0.2) is 16.9 Å². The molecule has 6 nitrogen and oxygen atoms in total. The van der Waals surface area contributed by atoms with Crippen molar-refractivity contribution in [2.75, 3.05) is 20.3 Å². The van der Waals surface area contributed by atoms with Crippen LogP contribution in [0.15, 0.2) is 23.0 Å². The summed E-state index contributed by atoms with van der Waals surface area (Å²) >= 11 is 0. The second-order valence-corrected chi connectivity index (χ2v) is 4.43. The molecule has 0 unspecified atom stereocenters. The lowest BCUT2D eigenvalue weighted by Gasteiger charge is -2.09. The summed E-state index contributed by atoms with van der Waals surface area (Å²) in [6, 6.07) is 4.53. The average molecular weight is 275 g/mol. The second kappa shape index (κ2) is 4.88. The topological polar surface area (TPSA) is 77.6 Å². The SMILES string of the molecule is COC(=O)c1cc(=O)c2cc3c(cc2[nH]1)OCCCO3. The number of H-pyrrole nitrogens is 1. The fourth-order valence-corrected chi connectivity index (χ4v) is 2.13. The van der Waals surface area contributed by atoms with E-state index < -0.39 is 5.97 Å². The van der Waals surface area contributed by atoms with Gasteiger partial charge in [-0.3, -0.25) is 4.79 Å². The minimum atomic E-state index is -0.587. The van der Waals surface area contributed by atoms with Crippen LogP contribution in [0.25, 0.3) is 10.9 Å². The Labute approximate surface area is 114 Å². The van der Waals surface area contributed by atoms with Gasteiger partial charge < -0.3 is 19.2 Å². The molecule has 0 spiro atoms. The maximum absolute atomic E-state index is 12.1. The number of pyridine rings is 1. The van der Waals surface area contributed by atoms with Crippen LogP contribution >= 0.6 is 0 Å². The first-order chi connectivity index (χ1) is 9.69. The third-order valence-electron chi connectivity index (χ3n) is 3.10. The van der Waals surface area contributed by atoms with Gasteiger partial charge in [0.25, 0.3) is 0 Å². The highest BCUT2D eigenvalue weighted by atomic mass is 16.5. The molecule has 0 aliphatic carbocycles. The predicted octanol–water partition coefficient (Wildman–Crippen LogP) is 1.48. The minimum Gasteiger partial charge on any atom is -0.490 e. The first kappa shape index (κ1) is 12.5. The zero-order chi connectivity index (χ0) is 14.1. The molecular weight excluding hydrogens is 262 g/mol. The third kappa shape index (κ3) is 2.09. The van der Waals surface area contributed by atoms with Crippen molar-refractivity contribution in [1.29, 1.82) is 0 Å². The van der Waals surface area contributed by atoms with E-state index in [9.17, 15) is 9.59 Å². The molecule has 0 amide bonds. The van der Waals surface area contributed by atoms with Gasteiger partial charge in [0.05, 0.1) is 25.8 Å². The van der Waals surface area contributed by atoms with Crippen LogP contribution < -0.4 is 14.9 Å². The Morgan fingerprint density at radius 1 is 1.20 bits per heavy atom. The average Bonchev–Trinajstić information content (AvgIpc) is 2.69. The van der Waals surface area contributed by atoms with Gasteiger partial charge in [0, 0.05) is 23.9 Å². The van der Waals surface area contributed by atoms with E-state index in [2.05, 4.69) is 9.72 Å². The molecule has 0 atom stereocenters. The lowest BCUT2D eigenvalue weighted by atomic mass is 10.1. The van der Waals surface area contributed by atoms with Crippen molar-refractivity contribution in [3.63, 3.8) is 0 Å². The van der Waals surface area contributed by atoms with Crippen LogP contribution in [0.3, 0.4) is 0 Å². The van der Waals surface area contributed by atoms with Crippen LogP contribution in [0.1, 0.15) is 16.9 Å². The number of carbonyl (C=O) groups is 1. The first-order valence-electron chi connectivity index (χ1n) is 6.24. The number of carbonyl (C=O) groups excluding carboxylic acids is 1.